The van der Waals surface area contributed by atoms with Crippen molar-refractivity contribution in [3.63, 3.8) is 0 Å². The first kappa shape index (κ1) is 17.4. The van der Waals surface area contributed by atoms with Gasteiger partial charge >= 0.3 is 0 Å². The number of hydrogen-bond donors (Lipinski definition) is 1. The van der Waals surface area contributed by atoms with Crippen LogP contribution in [-0.2, 0) is 6.42 Å². The Labute approximate surface area is 161 Å². The van der Waals surface area contributed by atoms with E-state index in [4.69, 9.17) is 0 Å². The Morgan fingerprint density at radius 2 is 2.15 bits per heavy atom. The van der Waals surface area contributed by atoms with Crippen LogP contribution in [0, 0.1) is 6.92 Å². The molecule has 1 amide bonds. The van der Waals surface area contributed by atoms with Gasteiger partial charge in [-0.25, -0.2) is 4.98 Å². The van der Waals surface area contributed by atoms with Gasteiger partial charge in [0, 0.05) is 23.6 Å². The molecule has 0 aliphatic heterocycles. The fourth-order valence-electron chi connectivity index (χ4n) is 2.95. The molecule has 3 heterocycles. The Morgan fingerprint density at radius 3 is 2.96 bits per heavy atom. The third-order valence-electron chi connectivity index (χ3n) is 4.39. The van der Waals surface area contributed by atoms with Crippen molar-refractivity contribution < 1.29 is 4.79 Å². The normalized spacial score (nSPS) is 11.0. The minimum Gasteiger partial charge on any atom is -0.321 e. The average Bonchev–Trinajstić information content (AvgIpc) is 3.30. The van der Waals surface area contributed by atoms with Crippen molar-refractivity contribution in [3.05, 3.63) is 64.9 Å². The van der Waals surface area contributed by atoms with Crippen molar-refractivity contribution in [3.8, 4) is 11.3 Å². The summed E-state index contributed by atoms with van der Waals surface area (Å²) in [6, 6.07) is 11.9. The number of nitrogens with one attached hydrogen (secondary N) is 1. The van der Waals surface area contributed by atoms with E-state index in [1.807, 2.05) is 60.1 Å². The highest BCUT2D eigenvalue weighted by atomic mass is 32.1. The topological polar surface area (TPSA) is 72.2 Å². The highest BCUT2D eigenvalue weighted by molar-refractivity contribution is 7.08. The van der Waals surface area contributed by atoms with Gasteiger partial charge in [-0.1, -0.05) is 36.0 Å². The molecule has 0 atom stereocenters. The SMILES string of the molecule is CCCc1nnsc1C(=O)Nc1cc(-c2cn3ccccc3n2)ccc1C. The van der Waals surface area contributed by atoms with Gasteiger partial charge in [0.2, 0.25) is 0 Å². The van der Waals surface area contributed by atoms with Crippen molar-refractivity contribution in [2.45, 2.75) is 26.7 Å². The van der Waals surface area contributed by atoms with Crippen molar-refractivity contribution in [2.24, 2.45) is 0 Å². The summed E-state index contributed by atoms with van der Waals surface area (Å²) in [6.07, 6.45) is 5.63. The van der Waals surface area contributed by atoms with Crippen LogP contribution >= 0.6 is 11.5 Å². The lowest BCUT2D eigenvalue weighted by molar-refractivity contribution is 0.102. The van der Waals surface area contributed by atoms with Crippen molar-refractivity contribution in [1.82, 2.24) is 19.0 Å². The van der Waals surface area contributed by atoms with E-state index in [0.717, 1.165) is 58.2 Å². The van der Waals surface area contributed by atoms with Crippen LogP contribution in [0.4, 0.5) is 5.69 Å². The van der Waals surface area contributed by atoms with Crippen LogP contribution in [0.3, 0.4) is 0 Å². The number of amides is 1. The fourth-order valence-corrected chi connectivity index (χ4v) is 3.55. The van der Waals surface area contributed by atoms with Crippen LogP contribution in [0.15, 0.2) is 48.8 Å². The maximum atomic E-state index is 12.7. The van der Waals surface area contributed by atoms with Gasteiger partial charge in [-0.05, 0) is 48.6 Å². The third kappa shape index (κ3) is 3.46. The zero-order valence-corrected chi connectivity index (χ0v) is 16.0. The zero-order chi connectivity index (χ0) is 18.8. The third-order valence-corrected chi connectivity index (χ3v) is 5.16. The summed E-state index contributed by atoms with van der Waals surface area (Å²) < 4.78 is 5.91. The number of aromatic nitrogens is 4. The first-order chi connectivity index (χ1) is 13.2. The summed E-state index contributed by atoms with van der Waals surface area (Å²) in [5, 5.41) is 7.09. The van der Waals surface area contributed by atoms with Gasteiger partial charge in [-0.2, -0.15) is 0 Å². The molecule has 0 bridgehead atoms. The number of rotatable bonds is 5. The Morgan fingerprint density at radius 1 is 1.26 bits per heavy atom. The van der Waals surface area contributed by atoms with Gasteiger partial charge in [0.25, 0.3) is 5.91 Å². The highest BCUT2D eigenvalue weighted by Crippen LogP contribution is 2.26. The molecule has 0 fully saturated rings. The molecule has 4 aromatic rings. The number of benzene rings is 1. The largest absolute Gasteiger partial charge is 0.321 e. The number of carbonyl (C=O) groups excluding carboxylic acids is 1. The maximum Gasteiger partial charge on any atom is 0.269 e. The molecule has 27 heavy (non-hydrogen) atoms. The number of hydrogen-bond acceptors (Lipinski definition) is 5. The Hall–Kier alpha value is -3.06. The number of pyridine rings is 1. The number of nitrogens with zero attached hydrogens (tertiary/aromatic N) is 4. The molecule has 3 aromatic heterocycles. The van der Waals surface area contributed by atoms with E-state index in [1.165, 1.54) is 0 Å². The first-order valence-electron chi connectivity index (χ1n) is 8.83. The molecule has 0 saturated carbocycles. The lowest BCUT2D eigenvalue weighted by Gasteiger charge is -2.09. The average molecular weight is 377 g/mol. The van der Waals surface area contributed by atoms with E-state index >= 15 is 0 Å². The minimum absolute atomic E-state index is 0.163. The molecule has 7 heteroatoms. The summed E-state index contributed by atoms with van der Waals surface area (Å²) in [5.74, 6) is -0.163. The molecule has 0 saturated heterocycles. The molecule has 1 aromatic carbocycles. The molecular formula is C20H19N5OS. The van der Waals surface area contributed by atoms with E-state index in [-0.39, 0.29) is 5.91 Å². The van der Waals surface area contributed by atoms with Gasteiger partial charge in [0.05, 0.1) is 11.4 Å². The van der Waals surface area contributed by atoms with E-state index < -0.39 is 0 Å². The fraction of sp³-hybridized carbons (Fsp3) is 0.200. The quantitative estimate of drug-likeness (QED) is 0.561. The predicted molar refractivity (Wildman–Crippen MR) is 107 cm³/mol. The number of anilines is 1. The van der Waals surface area contributed by atoms with Crippen molar-refractivity contribution in [1.29, 1.82) is 0 Å². The van der Waals surface area contributed by atoms with Crippen molar-refractivity contribution >= 4 is 28.8 Å². The van der Waals surface area contributed by atoms with Gasteiger partial charge in [-0.3, -0.25) is 4.79 Å². The first-order valence-corrected chi connectivity index (χ1v) is 9.60. The second-order valence-electron chi connectivity index (χ2n) is 6.37. The van der Waals surface area contributed by atoms with Crippen molar-refractivity contribution in [2.75, 3.05) is 5.32 Å². The molecule has 0 radical (unpaired) electrons. The summed E-state index contributed by atoms with van der Waals surface area (Å²) in [7, 11) is 0. The van der Waals surface area contributed by atoms with Gasteiger partial charge < -0.3 is 9.72 Å². The summed E-state index contributed by atoms with van der Waals surface area (Å²) in [6.45, 7) is 4.03. The number of fused-ring (bicyclic) bond motifs is 1. The molecule has 1 N–H and O–H groups in total. The molecule has 0 aliphatic carbocycles. The molecule has 4 rings (SSSR count). The molecule has 0 spiro atoms. The van der Waals surface area contributed by atoms with E-state index in [9.17, 15) is 4.79 Å². The molecule has 0 aliphatic rings. The second-order valence-corrected chi connectivity index (χ2v) is 7.13. The van der Waals surface area contributed by atoms with Crippen LogP contribution < -0.4 is 5.32 Å². The second kappa shape index (κ2) is 7.28. The van der Waals surface area contributed by atoms with Crippen LogP contribution in [0.5, 0.6) is 0 Å². The monoisotopic (exact) mass is 377 g/mol. The highest BCUT2D eigenvalue weighted by Gasteiger charge is 2.17. The lowest BCUT2D eigenvalue weighted by Crippen LogP contribution is -2.13. The number of imidazole rings is 1. The summed E-state index contributed by atoms with van der Waals surface area (Å²) in [4.78, 5) is 17.9. The smallest absolute Gasteiger partial charge is 0.269 e. The van der Waals surface area contributed by atoms with E-state index in [1.54, 1.807) is 0 Å². The Balaban J connectivity index is 1.64. The lowest BCUT2D eigenvalue weighted by atomic mass is 10.1. The van der Waals surface area contributed by atoms with Gasteiger partial charge in [0.1, 0.15) is 10.5 Å². The minimum atomic E-state index is -0.163. The molecule has 136 valence electrons. The van der Waals surface area contributed by atoms with Gasteiger partial charge in [0.15, 0.2) is 0 Å². The molecule has 6 nitrogen and oxygen atoms in total. The van der Waals surface area contributed by atoms with Crippen LogP contribution in [0.25, 0.3) is 16.9 Å². The van der Waals surface area contributed by atoms with Crippen LogP contribution in [-0.4, -0.2) is 24.9 Å². The van der Waals surface area contributed by atoms with Gasteiger partial charge in [-0.15, -0.1) is 5.10 Å². The molecule has 0 unspecified atom stereocenters. The van der Waals surface area contributed by atoms with E-state index in [0.29, 0.717) is 4.88 Å². The van der Waals surface area contributed by atoms with Crippen LogP contribution in [0.2, 0.25) is 0 Å². The van der Waals surface area contributed by atoms with E-state index in [2.05, 4.69) is 26.8 Å². The predicted octanol–water partition coefficient (Wildman–Crippen LogP) is 4.37. The van der Waals surface area contributed by atoms with Crippen LogP contribution in [0.1, 0.15) is 34.3 Å². The summed E-state index contributed by atoms with van der Waals surface area (Å²) in [5.41, 5.74) is 5.22. The standard InChI is InChI=1S/C20H19N5OS/c1-3-6-15-19(27-24-23-15)20(26)22-16-11-14(9-8-13(16)2)17-12-25-10-5-4-7-18(25)21-17/h4-5,7-12H,3,6H2,1-2H3,(H,22,26). The number of aryl methyl sites for hydroxylation is 2. The zero-order valence-electron chi connectivity index (χ0n) is 15.1. The number of carbonyl (C=O) groups is 1. The summed E-state index contributed by atoms with van der Waals surface area (Å²) >= 11 is 1.14. The molecular weight excluding hydrogens is 358 g/mol. The Bertz CT molecular complexity index is 1080. The Kier molecular flexibility index (Phi) is 4.68. The maximum absolute atomic E-state index is 12.7.